The highest BCUT2D eigenvalue weighted by atomic mass is 35.5. The Labute approximate surface area is 189 Å². The lowest BCUT2D eigenvalue weighted by molar-refractivity contribution is 0.0979. The van der Waals surface area contributed by atoms with Gasteiger partial charge in [0.1, 0.15) is 22.0 Å². The number of sulfonamides is 1. The Morgan fingerprint density at radius 2 is 1.53 bits per heavy atom. The van der Waals surface area contributed by atoms with Gasteiger partial charge in [0.2, 0.25) is 11.8 Å². The minimum Gasteiger partial charge on any atom is -0.495 e. The molecule has 3 aromatic rings. The molecule has 2 aromatic carbocycles. The Morgan fingerprint density at radius 3 is 2.16 bits per heavy atom. The second-order valence-electron chi connectivity index (χ2n) is 6.04. The second-order valence-corrected chi connectivity index (χ2v) is 8.09. The van der Waals surface area contributed by atoms with Crippen molar-refractivity contribution in [2.24, 2.45) is 0 Å². The van der Waals surface area contributed by atoms with Crippen LogP contribution in [0.4, 0.5) is 0 Å². The summed E-state index contributed by atoms with van der Waals surface area (Å²) in [6, 6.07) is 11.4. The van der Waals surface area contributed by atoms with Gasteiger partial charge in [-0.15, -0.1) is 0 Å². The third kappa shape index (κ3) is 5.01. The highest BCUT2D eigenvalue weighted by molar-refractivity contribution is 7.90. The van der Waals surface area contributed by atoms with Crippen molar-refractivity contribution >= 4 is 27.5 Å². The van der Waals surface area contributed by atoms with Crippen LogP contribution in [0.2, 0.25) is 5.02 Å². The highest BCUT2D eigenvalue weighted by Crippen LogP contribution is 2.31. The van der Waals surface area contributed by atoms with Crippen molar-refractivity contribution in [2.45, 2.75) is 4.90 Å². The monoisotopic (exact) mass is 479 g/mol. The molecule has 1 heterocycles. The molecule has 0 aliphatic heterocycles. The first-order chi connectivity index (χ1) is 15.3. The average Bonchev–Trinajstić information content (AvgIpc) is 2.78. The van der Waals surface area contributed by atoms with Crippen molar-refractivity contribution in [1.29, 1.82) is 0 Å². The number of hydrogen-bond donors (Lipinski definition) is 1. The molecule has 0 bridgehead atoms. The molecule has 32 heavy (non-hydrogen) atoms. The maximum Gasteiger partial charge on any atom is 0.328 e. The van der Waals surface area contributed by atoms with E-state index in [1.807, 2.05) is 4.72 Å². The summed E-state index contributed by atoms with van der Waals surface area (Å²) in [6.45, 7) is 0. The molecule has 0 radical (unpaired) electrons. The fourth-order valence-corrected chi connectivity index (χ4v) is 4.00. The van der Waals surface area contributed by atoms with Gasteiger partial charge in [-0.05, 0) is 24.3 Å². The normalized spacial score (nSPS) is 10.9. The van der Waals surface area contributed by atoms with E-state index in [9.17, 15) is 13.2 Å². The van der Waals surface area contributed by atoms with Crippen LogP contribution in [-0.2, 0) is 10.0 Å². The summed E-state index contributed by atoms with van der Waals surface area (Å²) in [5, 5.41) is -0.0508. The van der Waals surface area contributed by atoms with E-state index in [0.29, 0.717) is 0 Å². The molecule has 0 atom stereocenters. The van der Waals surface area contributed by atoms with Gasteiger partial charge in [0.05, 0.1) is 32.4 Å². The van der Waals surface area contributed by atoms with E-state index in [2.05, 4.69) is 9.97 Å². The SMILES string of the molecule is COc1cc(OC)nc(Oc2cccc(Cl)c2C(=O)NS(=O)(=O)c2ccccc2OC)n1. The number of rotatable bonds is 8. The van der Waals surface area contributed by atoms with E-state index >= 15 is 0 Å². The molecule has 1 aromatic heterocycles. The van der Waals surface area contributed by atoms with Gasteiger partial charge in [0.15, 0.2) is 0 Å². The van der Waals surface area contributed by atoms with Crippen LogP contribution < -0.4 is 23.7 Å². The van der Waals surface area contributed by atoms with E-state index in [0.717, 1.165) is 0 Å². The third-order valence-electron chi connectivity index (χ3n) is 4.07. The largest absolute Gasteiger partial charge is 0.495 e. The Morgan fingerprint density at radius 1 is 0.906 bits per heavy atom. The van der Waals surface area contributed by atoms with Crippen molar-refractivity contribution in [3.05, 3.63) is 59.1 Å². The lowest BCUT2D eigenvalue weighted by atomic mass is 10.2. The van der Waals surface area contributed by atoms with E-state index in [1.165, 1.54) is 63.8 Å². The molecule has 1 N–H and O–H groups in total. The number of nitrogens with zero attached hydrogens (tertiary/aromatic N) is 2. The maximum atomic E-state index is 12.9. The topological polar surface area (TPSA) is 126 Å². The minimum atomic E-state index is -4.29. The Kier molecular flexibility index (Phi) is 7.01. The number of hydrogen-bond acceptors (Lipinski definition) is 9. The first-order valence-electron chi connectivity index (χ1n) is 8.92. The number of para-hydroxylation sites is 1. The number of benzene rings is 2. The predicted octanol–water partition coefficient (Wildman–Crippen LogP) is 3.07. The van der Waals surface area contributed by atoms with Crippen LogP contribution in [0.1, 0.15) is 10.4 Å². The molecular formula is C20H18ClN3O7S. The van der Waals surface area contributed by atoms with Gasteiger partial charge >= 0.3 is 6.01 Å². The summed E-state index contributed by atoms with van der Waals surface area (Å²) in [5.41, 5.74) is -0.238. The van der Waals surface area contributed by atoms with Gasteiger partial charge in [-0.3, -0.25) is 4.79 Å². The molecule has 0 aliphatic rings. The minimum absolute atomic E-state index is 0.0508. The molecule has 0 spiro atoms. The Bertz CT molecular complexity index is 1230. The number of methoxy groups -OCH3 is 3. The summed E-state index contributed by atoms with van der Waals surface area (Å²) in [6.07, 6.45) is 0. The average molecular weight is 480 g/mol. The van der Waals surface area contributed by atoms with Crippen LogP contribution in [-0.4, -0.2) is 45.6 Å². The molecular weight excluding hydrogens is 462 g/mol. The number of amides is 1. The van der Waals surface area contributed by atoms with E-state index in [-0.39, 0.29) is 44.8 Å². The fraction of sp³-hybridized carbons (Fsp3) is 0.150. The number of carbonyl (C=O) groups excluding carboxylic acids is 1. The van der Waals surface area contributed by atoms with Crippen LogP contribution >= 0.6 is 11.6 Å². The van der Waals surface area contributed by atoms with Gasteiger partial charge in [-0.25, -0.2) is 13.1 Å². The molecule has 10 nitrogen and oxygen atoms in total. The first-order valence-corrected chi connectivity index (χ1v) is 10.8. The molecule has 3 rings (SSSR count). The summed E-state index contributed by atoms with van der Waals surface area (Å²) < 4.78 is 48.4. The summed E-state index contributed by atoms with van der Waals surface area (Å²) in [7, 11) is -0.179. The highest BCUT2D eigenvalue weighted by Gasteiger charge is 2.26. The summed E-state index contributed by atoms with van der Waals surface area (Å²) in [5.74, 6) is -0.732. The lowest BCUT2D eigenvalue weighted by Crippen LogP contribution is -2.31. The zero-order valence-electron chi connectivity index (χ0n) is 17.2. The van der Waals surface area contributed by atoms with Gasteiger partial charge in [0, 0.05) is 0 Å². The predicted molar refractivity (Wildman–Crippen MR) is 114 cm³/mol. The van der Waals surface area contributed by atoms with E-state index < -0.39 is 15.9 Å². The van der Waals surface area contributed by atoms with Crippen molar-refractivity contribution in [3.63, 3.8) is 0 Å². The smallest absolute Gasteiger partial charge is 0.328 e. The van der Waals surface area contributed by atoms with Gasteiger partial charge in [0.25, 0.3) is 15.9 Å². The lowest BCUT2D eigenvalue weighted by Gasteiger charge is -2.14. The number of ether oxygens (including phenoxy) is 4. The van der Waals surface area contributed by atoms with Crippen molar-refractivity contribution in [1.82, 2.24) is 14.7 Å². The second kappa shape index (κ2) is 9.71. The third-order valence-corrected chi connectivity index (χ3v) is 5.75. The zero-order valence-corrected chi connectivity index (χ0v) is 18.7. The zero-order chi connectivity index (χ0) is 23.3. The summed E-state index contributed by atoms with van der Waals surface area (Å²) in [4.78, 5) is 20.8. The van der Waals surface area contributed by atoms with E-state index in [4.69, 9.17) is 30.5 Å². The molecule has 0 fully saturated rings. The molecule has 0 saturated carbocycles. The Balaban J connectivity index is 1.97. The number of carbonyl (C=O) groups is 1. The molecule has 168 valence electrons. The quantitative estimate of drug-likeness (QED) is 0.518. The summed E-state index contributed by atoms with van der Waals surface area (Å²) >= 11 is 6.19. The van der Waals surface area contributed by atoms with E-state index in [1.54, 1.807) is 6.07 Å². The van der Waals surface area contributed by atoms with Crippen LogP contribution in [0.5, 0.6) is 29.3 Å². The van der Waals surface area contributed by atoms with Crippen LogP contribution in [0.3, 0.4) is 0 Å². The molecule has 0 unspecified atom stereocenters. The van der Waals surface area contributed by atoms with Crippen molar-refractivity contribution < 1.29 is 32.2 Å². The fourth-order valence-electron chi connectivity index (χ4n) is 2.62. The van der Waals surface area contributed by atoms with Crippen molar-refractivity contribution in [2.75, 3.05) is 21.3 Å². The van der Waals surface area contributed by atoms with Crippen molar-refractivity contribution in [3.8, 4) is 29.3 Å². The standard InChI is InChI=1S/C20H18ClN3O7S/c1-28-13-8-4-5-10-15(13)32(26,27)24-19(25)18-12(21)7-6-9-14(18)31-20-22-16(29-2)11-17(23-20)30-3/h4-11H,1-3H3,(H,24,25). The van der Waals surface area contributed by atoms with Gasteiger partial charge < -0.3 is 18.9 Å². The van der Waals surface area contributed by atoms with Crippen LogP contribution in [0.15, 0.2) is 53.4 Å². The molecule has 0 saturated heterocycles. The van der Waals surface area contributed by atoms with Crippen LogP contribution in [0.25, 0.3) is 0 Å². The van der Waals surface area contributed by atoms with Gasteiger partial charge in [-0.2, -0.15) is 9.97 Å². The molecule has 0 aliphatic carbocycles. The number of nitrogens with one attached hydrogen (secondary N) is 1. The van der Waals surface area contributed by atoms with Crippen LogP contribution in [0, 0.1) is 0 Å². The first kappa shape index (κ1) is 23.1. The maximum absolute atomic E-state index is 12.9. The molecule has 12 heteroatoms. The van der Waals surface area contributed by atoms with Gasteiger partial charge in [-0.1, -0.05) is 29.8 Å². The number of halogens is 1. The molecule has 1 amide bonds. The number of aromatic nitrogens is 2. The Hall–Kier alpha value is -3.57.